The summed E-state index contributed by atoms with van der Waals surface area (Å²) in [5.74, 6) is -2.10. The van der Waals surface area contributed by atoms with Crippen molar-refractivity contribution in [2.75, 3.05) is 0 Å². The Hall–Kier alpha value is -1.77. The Labute approximate surface area is 128 Å². The van der Waals surface area contributed by atoms with Crippen LogP contribution < -0.4 is 0 Å². The Morgan fingerprint density at radius 1 is 1.24 bits per heavy atom. The number of hydrogen-bond acceptors (Lipinski definition) is 2. The fourth-order valence-corrected chi connectivity index (χ4v) is 2.23. The summed E-state index contributed by atoms with van der Waals surface area (Å²) in [6.07, 6.45) is -4.25. The third-order valence-corrected chi connectivity index (χ3v) is 3.28. The highest BCUT2D eigenvalue weighted by molar-refractivity contribution is 6.08. The molecule has 2 radical (unpaired) electrons. The summed E-state index contributed by atoms with van der Waals surface area (Å²) in [7, 11) is 0. The van der Waals surface area contributed by atoms with Crippen molar-refractivity contribution in [3.8, 4) is 0 Å². The van der Waals surface area contributed by atoms with Crippen LogP contribution in [0.3, 0.4) is 0 Å². The van der Waals surface area contributed by atoms with E-state index < -0.39 is 17.7 Å². The number of allylic oxidation sites excluding steroid dienone is 2. The van der Waals surface area contributed by atoms with Gasteiger partial charge in [0.05, 0.1) is 0 Å². The standard InChI is InChI=1S/C15H11F3O2.Al/c1-9-6-11(7-10-4-2-3-5-12(9)10)13(19)8-14(20)15(16,17)18;/h2-8,20H,1H3;/q;+1/p-1. The van der Waals surface area contributed by atoms with E-state index in [-0.39, 0.29) is 5.56 Å². The number of halogens is 3. The van der Waals surface area contributed by atoms with Gasteiger partial charge in [-0.05, 0) is 35.4 Å². The van der Waals surface area contributed by atoms with Gasteiger partial charge in [0.2, 0.25) is 0 Å². The van der Waals surface area contributed by atoms with Crippen molar-refractivity contribution in [1.82, 2.24) is 0 Å². The fraction of sp³-hybridized carbons (Fsp3) is 0.133. The minimum absolute atomic E-state index is 0.190. The van der Waals surface area contributed by atoms with E-state index in [9.17, 15) is 18.0 Å². The van der Waals surface area contributed by atoms with Gasteiger partial charge in [0.15, 0.2) is 11.5 Å². The summed E-state index contributed by atoms with van der Waals surface area (Å²) < 4.78 is 41.9. The lowest BCUT2D eigenvalue weighted by atomic mass is 9.99. The lowest BCUT2D eigenvalue weighted by Gasteiger charge is -2.12. The summed E-state index contributed by atoms with van der Waals surface area (Å²) in [5.41, 5.74) is 1.01. The first-order chi connectivity index (χ1) is 9.82. The molecule has 0 saturated carbocycles. The zero-order valence-electron chi connectivity index (χ0n) is 11.1. The predicted octanol–water partition coefficient (Wildman–Crippen LogP) is 3.88. The van der Waals surface area contributed by atoms with Gasteiger partial charge in [-0.15, -0.1) is 0 Å². The Morgan fingerprint density at radius 3 is 2.52 bits per heavy atom. The van der Waals surface area contributed by atoms with E-state index in [2.05, 4.69) is 3.79 Å². The molecule has 2 rings (SSSR count). The maximum atomic E-state index is 12.6. The van der Waals surface area contributed by atoms with Crippen molar-refractivity contribution in [2.24, 2.45) is 0 Å². The Balaban J connectivity index is 2.47. The van der Waals surface area contributed by atoms with E-state index in [1.54, 1.807) is 31.2 Å². The second-order valence-electron chi connectivity index (χ2n) is 4.50. The average molecular weight is 306 g/mol. The monoisotopic (exact) mass is 306 g/mol. The molecule has 0 atom stereocenters. The highest BCUT2D eigenvalue weighted by Gasteiger charge is 2.34. The molecular weight excluding hydrogens is 296 g/mol. The van der Waals surface area contributed by atoms with Gasteiger partial charge in [-0.1, -0.05) is 24.3 Å². The fourth-order valence-electron chi connectivity index (χ4n) is 2.03. The zero-order chi connectivity index (χ0) is 15.6. The summed E-state index contributed by atoms with van der Waals surface area (Å²) >= 11 is 1.50. The normalized spacial score (nSPS) is 12.5. The van der Waals surface area contributed by atoms with E-state index in [4.69, 9.17) is 0 Å². The maximum Gasteiger partial charge on any atom is 0.482 e. The summed E-state index contributed by atoms with van der Waals surface area (Å²) in [4.78, 5) is 12.0. The van der Waals surface area contributed by atoms with Crippen LogP contribution in [0.25, 0.3) is 10.8 Å². The van der Waals surface area contributed by atoms with Gasteiger partial charge >= 0.3 is 22.8 Å². The van der Waals surface area contributed by atoms with Crippen LogP contribution in [0.1, 0.15) is 15.9 Å². The van der Waals surface area contributed by atoms with Crippen molar-refractivity contribution >= 4 is 33.2 Å². The quantitative estimate of drug-likeness (QED) is 0.372. The molecule has 0 heterocycles. The molecule has 21 heavy (non-hydrogen) atoms. The molecule has 0 amide bonds. The van der Waals surface area contributed by atoms with Crippen LogP contribution >= 0.6 is 0 Å². The average Bonchev–Trinajstić information content (AvgIpc) is 2.43. The van der Waals surface area contributed by atoms with Crippen molar-refractivity contribution in [1.29, 1.82) is 0 Å². The minimum atomic E-state index is -4.71. The highest BCUT2D eigenvalue weighted by Crippen LogP contribution is 2.27. The van der Waals surface area contributed by atoms with Crippen LogP contribution in [0, 0.1) is 6.92 Å². The first-order valence-corrected chi connectivity index (χ1v) is 6.49. The number of benzene rings is 2. The third kappa shape index (κ3) is 3.47. The number of hydrogen-bond donors (Lipinski definition) is 0. The first kappa shape index (κ1) is 15.6. The zero-order valence-corrected chi connectivity index (χ0v) is 12.2. The molecule has 106 valence electrons. The summed E-state index contributed by atoms with van der Waals surface area (Å²) in [6.45, 7) is 1.81. The smallest absolute Gasteiger partial charge is 0.482 e. The van der Waals surface area contributed by atoms with Gasteiger partial charge < -0.3 is 3.79 Å². The maximum absolute atomic E-state index is 12.6. The molecule has 0 aliphatic heterocycles. The molecule has 0 bridgehead atoms. The largest absolute Gasteiger partial charge is 0.650 e. The molecule has 2 nitrogen and oxygen atoms in total. The second-order valence-corrected chi connectivity index (χ2v) is 4.74. The Morgan fingerprint density at radius 2 is 1.90 bits per heavy atom. The number of carbonyl (C=O) groups excluding carboxylic acids is 1. The van der Waals surface area contributed by atoms with Gasteiger partial charge in [-0.25, -0.2) is 0 Å². The number of alkyl halides is 3. The Bertz CT molecular complexity index is 720. The molecular formula is C15H10AlF3O2. The molecule has 0 unspecified atom stereocenters. The molecule has 6 heteroatoms. The van der Waals surface area contributed by atoms with E-state index in [1.165, 1.54) is 16.6 Å². The topological polar surface area (TPSA) is 26.3 Å². The molecule has 2 aromatic carbocycles. The van der Waals surface area contributed by atoms with E-state index in [0.717, 1.165) is 16.3 Å². The molecule has 2 aromatic rings. The molecule has 0 aromatic heterocycles. The van der Waals surface area contributed by atoms with Crippen LogP contribution in [-0.2, 0) is 3.79 Å². The van der Waals surface area contributed by atoms with E-state index >= 15 is 0 Å². The molecule has 0 aliphatic carbocycles. The lowest BCUT2D eigenvalue weighted by molar-refractivity contribution is -0.115. The SMILES string of the molecule is Cc1cc(C(=O)C=C([O][Al])C(F)(F)F)cc2ccccc12. The van der Waals surface area contributed by atoms with E-state index in [1.807, 2.05) is 12.1 Å². The van der Waals surface area contributed by atoms with Crippen molar-refractivity contribution in [3.63, 3.8) is 0 Å². The highest BCUT2D eigenvalue weighted by atomic mass is 27.1. The van der Waals surface area contributed by atoms with Gasteiger partial charge in [-0.2, -0.15) is 13.2 Å². The number of carbonyl (C=O) groups is 1. The predicted molar refractivity (Wildman–Crippen MR) is 74.0 cm³/mol. The molecule has 0 fully saturated rings. The van der Waals surface area contributed by atoms with Gasteiger partial charge in [0.25, 0.3) is 0 Å². The Kier molecular flexibility index (Phi) is 4.41. The van der Waals surface area contributed by atoms with Crippen LogP contribution in [0.5, 0.6) is 0 Å². The van der Waals surface area contributed by atoms with Gasteiger partial charge in [-0.3, -0.25) is 4.79 Å². The second kappa shape index (κ2) is 5.92. The van der Waals surface area contributed by atoms with Crippen molar-refractivity contribution in [3.05, 3.63) is 59.4 Å². The number of rotatable bonds is 3. The summed E-state index contributed by atoms with van der Waals surface area (Å²) in [6, 6.07) is 10.5. The number of ketones is 1. The van der Waals surface area contributed by atoms with Crippen LogP contribution in [-0.4, -0.2) is 28.6 Å². The minimum Gasteiger partial charge on any atom is -0.650 e. The molecule has 0 spiro atoms. The lowest BCUT2D eigenvalue weighted by Crippen LogP contribution is -2.15. The number of fused-ring (bicyclic) bond motifs is 1. The van der Waals surface area contributed by atoms with Crippen LogP contribution in [0.15, 0.2) is 48.2 Å². The summed E-state index contributed by atoms with van der Waals surface area (Å²) in [5, 5.41) is 1.76. The van der Waals surface area contributed by atoms with Crippen LogP contribution in [0.2, 0.25) is 0 Å². The molecule has 0 saturated heterocycles. The van der Waals surface area contributed by atoms with E-state index in [0.29, 0.717) is 6.08 Å². The first-order valence-electron chi connectivity index (χ1n) is 6.02. The van der Waals surface area contributed by atoms with Crippen molar-refractivity contribution < 1.29 is 21.8 Å². The third-order valence-electron chi connectivity index (χ3n) is 3.02. The van der Waals surface area contributed by atoms with Crippen LogP contribution in [0.4, 0.5) is 13.2 Å². The van der Waals surface area contributed by atoms with Gasteiger partial charge in [0, 0.05) is 11.6 Å². The van der Waals surface area contributed by atoms with Crippen molar-refractivity contribution in [2.45, 2.75) is 13.1 Å². The van der Waals surface area contributed by atoms with Gasteiger partial charge in [0.1, 0.15) is 0 Å². The molecule has 0 N–H and O–H groups in total. The number of aryl methyl sites for hydroxylation is 1. The molecule has 0 aliphatic rings.